The standard InChI is InChI=1S/C13H19N3O2/c1-3-14-10-4-6-15-11(8-10)12(17)16-13(2)5-7-18-9-13/h4,6,8H,3,5,7,9H2,1-2H3,(H,14,15)(H,16,17). The number of hydrogen-bond donors (Lipinski definition) is 2. The Balaban J connectivity index is 2.06. The molecular formula is C13H19N3O2. The fourth-order valence-electron chi connectivity index (χ4n) is 1.97. The number of nitrogens with zero attached hydrogens (tertiary/aromatic N) is 1. The third-order valence-electron chi connectivity index (χ3n) is 3.01. The van der Waals surface area contributed by atoms with Gasteiger partial charge in [-0.15, -0.1) is 0 Å². The Bertz CT molecular complexity index is 428. The van der Waals surface area contributed by atoms with Crippen LogP contribution in [0.5, 0.6) is 0 Å². The van der Waals surface area contributed by atoms with Crippen LogP contribution in [-0.2, 0) is 4.74 Å². The minimum absolute atomic E-state index is 0.150. The maximum Gasteiger partial charge on any atom is 0.270 e. The van der Waals surface area contributed by atoms with Gasteiger partial charge in [-0.05, 0) is 32.4 Å². The van der Waals surface area contributed by atoms with Crippen LogP contribution in [0.1, 0.15) is 30.8 Å². The highest BCUT2D eigenvalue weighted by Gasteiger charge is 2.31. The van der Waals surface area contributed by atoms with Gasteiger partial charge in [-0.2, -0.15) is 0 Å². The van der Waals surface area contributed by atoms with Crippen LogP contribution in [-0.4, -0.2) is 36.2 Å². The van der Waals surface area contributed by atoms with E-state index in [1.165, 1.54) is 0 Å². The van der Waals surface area contributed by atoms with Gasteiger partial charge in [-0.25, -0.2) is 0 Å². The number of rotatable bonds is 4. The Morgan fingerprint density at radius 1 is 1.61 bits per heavy atom. The van der Waals surface area contributed by atoms with Gasteiger partial charge in [-0.3, -0.25) is 9.78 Å². The van der Waals surface area contributed by atoms with Crippen molar-refractivity contribution in [3.8, 4) is 0 Å². The summed E-state index contributed by atoms with van der Waals surface area (Å²) in [5, 5.41) is 6.15. The van der Waals surface area contributed by atoms with Gasteiger partial charge in [0.2, 0.25) is 0 Å². The summed E-state index contributed by atoms with van der Waals surface area (Å²) in [7, 11) is 0. The second kappa shape index (κ2) is 5.35. The predicted molar refractivity (Wildman–Crippen MR) is 69.7 cm³/mol. The summed E-state index contributed by atoms with van der Waals surface area (Å²) in [5.41, 5.74) is 1.07. The number of carbonyl (C=O) groups excluding carboxylic acids is 1. The van der Waals surface area contributed by atoms with Crippen molar-refractivity contribution >= 4 is 11.6 Å². The van der Waals surface area contributed by atoms with Crippen LogP contribution in [0, 0.1) is 0 Å². The number of aromatic nitrogens is 1. The summed E-state index contributed by atoms with van der Waals surface area (Å²) >= 11 is 0. The number of ether oxygens (including phenoxy) is 1. The maximum atomic E-state index is 12.1. The minimum Gasteiger partial charge on any atom is -0.385 e. The largest absolute Gasteiger partial charge is 0.385 e. The van der Waals surface area contributed by atoms with Crippen molar-refractivity contribution in [1.82, 2.24) is 10.3 Å². The van der Waals surface area contributed by atoms with E-state index in [0.717, 1.165) is 18.7 Å². The van der Waals surface area contributed by atoms with Crippen molar-refractivity contribution in [2.24, 2.45) is 0 Å². The van der Waals surface area contributed by atoms with Crippen molar-refractivity contribution in [1.29, 1.82) is 0 Å². The lowest BCUT2D eigenvalue weighted by atomic mass is 10.0. The average Bonchev–Trinajstić information content (AvgIpc) is 2.76. The molecule has 1 aliphatic rings. The average molecular weight is 249 g/mol. The van der Waals surface area contributed by atoms with Crippen LogP contribution in [0.3, 0.4) is 0 Å². The highest BCUT2D eigenvalue weighted by Crippen LogP contribution is 2.18. The molecule has 1 amide bonds. The molecule has 1 unspecified atom stereocenters. The van der Waals surface area contributed by atoms with E-state index in [1.807, 2.05) is 19.9 Å². The Morgan fingerprint density at radius 2 is 2.44 bits per heavy atom. The molecule has 1 aromatic rings. The van der Waals surface area contributed by atoms with Crippen molar-refractivity contribution in [2.45, 2.75) is 25.8 Å². The monoisotopic (exact) mass is 249 g/mol. The lowest BCUT2D eigenvalue weighted by Crippen LogP contribution is -2.46. The second-order valence-electron chi connectivity index (χ2n) is 4.78. The van der Waals surface area contributed by atoms with Gasteiger partial charge < -0.3 is 15.4 Å². The van der Waals surface area contributed by atoms with Crippen LogP contribution in [0.2, 0.25) is 0 Å². The molecule has 18 heavy (non-hydrogen) atoms. The van der Waals surface area contributed by atoms with E-state index >= 15 is 0 Å². The Labute approximate surface area is 107 Å². The molecule has 5 heteroatoms. The molecule has 0 saturated carbocycles. The summed E-state index contributed by atoms with van der Waals surface area (Å²) in [6, 6.07) is 3.61. The third-order valence-corrected chi connectivity index (χ3v) is 3.01. The molecule has 0 radical (unpaired) electrons. The van der Waals surface area contributed by atoms with Gasteiger partial charge in [0.15, 0.2) is 0 Å². The van der Waals surface area contributed by atoms with Crippen molar-refractivity contribution < 1.29 is 9.53 Å². The smallest absolute Gasteiger partial charge is 0.270 e. The van der Waals surface area contributed by atoms with Crippen molar-refractivity contribution in [2.75, 3.05) is 25.1 Å². The van der Waals surface area contributed by atoms with E-state index in [1.54, 1.807) is 12.3 Å². The summed E-state index contributed by atoms with van der Waals surface area (Å²) in [5.74, 6) is -0.150. The number of carbonyl (C=O) groups is 1. The number of anilines is 1. The van der Waals surface area contributed by atoms with Crippen LogP contribution < -0.4 is 10.6 Å². The Kier molecular flexibility index (Phi) is 3.81. The van der Waals surface area contributed by atoms with E-state index in [-0.39, 0.29) is 11.4 Å². The molecule has 1 fully saturated rings. The number of hydrogen-bond acceptors (Lipinski definition) is 4. The fourth-order valence-corrected chi connectivity index (χ4v) is 1.97. The van der Waals surface area contributed by atoms with E-state index in [9.17, 15) is 4.79 Å². The van der Waals surface area contributed by atoms with Gasteiger partial charge in [0, 0.05) is 25.0 Å². The SMILES string of the molecule is CCNc1ccnc(C(=O)NC2(C)CCOC2)c1. The first-order chi connectivity index (χ1) is 8.63. The van der Waals surface area contributed by atoms with E-state index in [2.05, 4.69) is 15.6 Å². The summed E-state index contributed by atoms with van der Waals surface area (Å²) in [4.78, 5) is 16.2. The highest BCUT2D eigenvalue weighted by atomic mass is 16.5. The molecule has 2 N–H and O–H groups in total. The first-order valence-electron chi connectivity index (χ1n) is 6.23. The Hall–Kier alpha value is -1.62. The van der Waals surface area contributed by atoms with Crippen LogP contribution in [0.15, 0.2) is 18.3 Å². The van der Waals surface area contributed by atoms with Gasteiger partial charge in [0.1, 0.15) is 5.69 Å². The molecule has 0 aromatic carbocycles. The lowest BCUT2D eigenvalue weighted by Gasteiger charge is -2.23. The first kappa shape index (κ1) is 12.8. The van der Waals surface area contributed by atoms with Crippen molar-refractivity contribution in [3.05, 3.63) is 24.0 Å². The van der Waals surface area contributed by atoms with Crippen LogP contribution >= 0.6 is 0 Å². The summed E-state index contributed by atoms with van der Waals surface area (Å²) in [6.07, 6.45) is 2.48. The summed E-state index contributed by atoms with van der Waals surface area (Å²) in [6.45, 7) is 6.08. The molecule has 98 valence electrons. The number of nitrogens with one attached hydrogen (secondary N) is 2. The van der Waals surface area contributed by atoms with Gasteiger partial charge in [0.25, 0.3) is 5.91 Å². The lowest BCUT2D eigenvalue weighted by molar-refractivity contribution is 0.0885. The third kappa shape index (κ3) is 2.98. The summed E-state index contributed by atoms with van der Waals surface area (Å²) < 4.78 is 5.31. The zero-order chi connectivity index (χ0) is 13.0. The molecule has 0 aliphatic carbocycles. The second-order valence-corrected chi connectivity index (χ2v) is 4.78. The quantitative estimate of drug-likeness (QED) is 0.847. The predicted octanol–water partition coefficient (Wildman–Crippen LogP) is 1.42. The zero-order valence-electron chi connectivity index (χ0n) is 10.8. The molecule has 5 nitrogen and oxygen atoms in total. The molecule has 1 saturated heterocycles. The van der Waals surface area contributed by atoms with Crippen molar-refractivity contribution in [3.63, 3.8) is 0 Å². The molecule has 2 heterocycles. The number of pyridine rings is 1. The van der Waals surface area contributed by atoms with Crippen LogP contribution in [0.25, 0.3) is 0 Å². The van der Waals surface area contributed by atoms with Gasteiger partial charge in [0.05, 0.1) is 12.1 Å². The van der Waals surface area contributed by atoms with E-state index in [0.29, 0.717) is 18.9 Å². The van der Waals surface area contributed by atoms with E-state index < -0.39 is 0 Å². The molecule has 1 aromatic heterocycles. The molecule has 0 spiro atoms. The van der Waals surface area contributed by atoms with Gasteiger partial charge in [-0.1, -0.05) is 0 Å². The Morgan fingerprint density at radius 3 is 3.11 bits per heavy atom. The minimum atomic E-state index is -0.271. The van der Waals surface area contributed by atoms with Crippen LogP contribution in [0.4, 0.5) is 5.69 Å². The maximum absolute atomic E-state index is 12.1. The van der Waals surface area contributed by atoms with Gasteiger partial charge >= 0.3 is 0 Å². The molecular weight excluding hydrogens is 230 g/mol. The molecule has 1 atom stereocenters. The molecule has 2 rings (SSSR count). The first-order valence-corrected chi connectivity index (χ1v) is 6.23. The normalized spacial score (nSPS) is 22.8. The highest BCUT2D eigenvalue weighted by molar-refractivity contribution is 5.93. The molecule has 1 aliphatic heterocycles. The molecule has 0 bridgehead atoms. The zero-order valence-corrected chi connectivity index (χ0v) is 10.8. The topological polar surface area (TPSA) is 63.2 Å². The fraction of sp³-hybridized carbons (Fsp3) is 0.538. The number of amides is 1. The van der Waals surface area contributed by atoms with E-state index in [4.69, 9.17) is 4.74 Å².